The minimum atomic E-state index is -0.837. The van der Waals surface area contributed by atoms with Crippen molar-refractivity contribution in [3.63, 3.8) is 0 Å². The molecule has 0 aromatic heterocycles. The van der Waals surface area contributed by atoms with Crippen LogP contribution in [-0.4, -0.2) is 55.3 Å². The summed E-state index contributed by atoms with van der Waals surface area (Å²) in [6.07, 6.45) is 0. The van der Waals surface area contributed by atoms with E-state index in [0.717, 1.165) is 11.1 Å². The Kier molecular flexibility index (Phi) is 10.0. The predicted octanol–water partition coefficient (Wildman–Crippen LogP) is 5.92. The molecule has 0 atom stereocenters. The molecule has 3 amide bonds. The van der Waals surface area contributed by atoms with Crippen molar-refractivity contribution in [2.75, 3.05) is 33.1 Å². The maximum Gasteiger partial charge on any atom is 0.314 e. The zero-order chi connectivity index (χ0) is 28.0. The van der Waals surface area contributed by atoms with Crippen LogP contribution < -0.4 is 14.8 Å². The first-order chi connectivity index (χ1) is 17.9. The van der Waals surface area contributed by atoms with Crippen LogP contribution in [0.5, 0.6) is 17.2 Å². The molecule has 38 heavy (non-hydrogen) atoms. The number of likely N-dealkylation sites (N-methyl/N-ethyl adjacent to an activating group) is 2. The summed E-state index contributed by atoms with van der Waals surface area (Å²) >= 11 is 15.5. The minimum Gasteiger partial charge on any atom is -0.482 e. The molecule has 0 aliphatic heterocycles. The molecule has 0 bridgehead atoms. The van der Waals surface area contributed by atoms with Gasteiger partial charge in [0.25, 0.3) is 5.91 Å². The number of carbonyl (C=O) groups is 3. The van der Waals surface area contributed by atoms with Gasteiger partial charge in [0.2, 0.25) is 0 Å². The number of amides is 3. The van der Waals surface area contributed by atoms with Crippen LogP contribution in [-0.2, 0) is 20.9 Å². The number of hydrogen-bond acceptors (Lipinski definition) is 5. The van der Waals surface area contributed by atoms with Gasteiger partial charge in [-0.2, -0.15) is 0 Å². The van der Waals surface area contributed by atoms with Gasteiger partial charge in [-0.05, 0) is 54.4 Å². The van der Waals surface area contributed by atoms with Gasteiger partial charge >= 0.3 is 11.8 Å². The van der Waals surface area contributed by atoms with Gasteiger partial charge in [-0.3, -0.25) is 14.4 Å². The molecule has 0 fully saturated rings. The van der Waals surface area contributed by atoms with Crippen molar-refractivity contribution in [1.82, 2.24) is 9.80 Å². The maximum absolute atomic E-state index is 12.8. The van der Waals surface area contributed by atoms with E-state index in [0.29, 0.717) is 37.5 Å². The highest BCUT2D eigenvalue weighted by molar-refractivity contribution is 9.10. The SMILES string of the molecule is Cc1ccc(NC(=O)C(=O)N(C)Cc2ccc(Oc3ccc(Cl)c(Cl)c3)cc2Br)c(OCC(=O)N(C)C)c1. The lowest BCUT2D eigenvalue weighted by atomic mass is 10.2. The summed E-state index contributed by atoms with van der Waals surface area (Å²) in [6.45, 7) is 1.81. The van der Waals surface area contributed by atoms with Gasteiger partial charge in [-0.25, -0.2) is 0 Å². The van der Waals surface area contributed by atoms with Gasteiger partial charge in [0.05, 0.1) is 15.7 Å². The summed E-state index contributed by atoms with van der Waals surface area (Å²) in [4.78, 5) is 40.1. The lowest BCUT2D eigenvalue weighted by Gasteiger charge is -2.19. The highest BCUT2D eigenvalue weighted by Gasteiger charge is 2.21. The molecule has 8 nitrogen and oxygen atoms in total. The summed E-state index contributed by atoms with van der Waals surface area (Å²) in [5, 5.41) is 3.39. The Bertz CT molecular complexity index is 1370. The van der Waals surface area contributed by atoms with Crippen LogP contribution in [0, 0.1) is 6.92 Å². The second kappa shape index (κ2) is 13.0. The molecular formula is C27H26BrCl2N3O5. The van der Waals surface area contributed by atoms with E-state index in [1.165, 1.54) is 16.8 Å². The molecule has 3 aromatic carbocycles. The molecule has 0 heterocycles. The summed E-state index contributed by atoms with van der Waals surface area (Å²) in [7, 11) is 4.76. The topological polar surface area (TPSA) is 88.2 Å². The highest BCUT2D eigenvalue weighted by atomic mass is 79.9. The number of benzene rings is 3. The first kappa shape index (κ1) is 29.3. The number of carbonyl (C=O) groups excluding carboxylic acids is 3. The molecule has 1 N–H and O–H groups in total. The van der Waals surface area contributed by atoms with E-state index in [9.17, 15) is 14.4 Å². The van der Waals surface area contributed by atoms with Crippen LogP contribution in [0.15, 0.2) is 59.1 Å². The van der Waals surface area contributed by atoms with Crippen LogP contribution in [0.25, 0.3) is 0 Å². The molecule has 0 saturated heterocycles. The minimum absolute atomic E-state index is 0.161. The molecule has 0 saturated carbocycles. The molecule has 0 aliphatic rings. The number of nitrogens with one attached hydrogen (secondary N) is 1. The number of nitrogens with zero attached hydrogens (tertiary/aromatic N) is 2. The smallest absolute Gasteiger partial charge is 0.314 e. The fraction of sp³-hybridized carbons (Fsp3) is 0.222. The van der Waals surface area contributed by atoms with Crippen LogP contribution in [0.1, 0.15) is 11.1 Å². The Hall–Kier alpha value is -3.27. The third kappa shape index (κ3) is 7.86. The van der Waals surface area contributed by atoms with Crippen LogP contribution in [0.2, 0.25) is 10.0 Å². The second-order valence-corrected chi connectivity index (χ2v) is 10.3. The normalized spacial score (nSPS) is 10.5. The highest BCUT2D eigenvalue weighted by Crippen LogP contribution is 2.32. The first-order valence-electron chi connectivity index (χ1n) is 11.4. The van der Waals surface area contributed by atoms with E-state index in [1.54, 1.807) is 68.7 Å². The molecule has 3 aromatic rings. The van der Waals surface area contributed by atoms with Crippen molar-refractivity contribution in [3.05, 3.63) is 80.2 Å². The Balaban J connectivity index is 1.64. The van der Waals surface area contributed by atoms with Crippen molar-refractivity contribution >= 4 is 62.5 Å². The Morgan fingerprint density at radius 3 is 2.26 bits per heavy atom. The maximum atomic E-state index is 12.8. The summed E-state index contributed by atoms with van der Waals surface area (Å²) in [5.74, 6) is -0.457. The number of anilines is 1. The second-order valence-electron chi connectivity index (χ2n) is 8.62. The van der Waals surface area contributed by atoms with Crippen molar-refractivity contribution in [3.8, 4) is 17.2 Å². The molecule has 0 unspecified atom stereocenters. The largest absolute Gasteiger partial charge is 0.482 e. The quantitative estimate of drug-likeness (QED) is 0.315. The predicted molar refractivity (Wildman–Crippen MR) is 151 cm³/mol. The van der Waals surface area contributed by atoms with Gasteiger partial charge in [0.15, 0.2) is 6.61 Å². The zero-order valence-corrected chi connectivity index (χ0v) is 24.3. The average molecular weight is 623 g/mol. The fourth-order valence-corrected chi connectivity index (χ4v) is 3.96. The Morgan fingerprint density at radius 1 is 0.921 bits per heavy atom. The van der Waals surface area contributed by atoms with Crippen LogP contribution in [0.3, 0.4) is 0 Å². The number of hydrogen-bond donors (Lipinski definition) is 1. The summed E-state index contributed by atoms with van der Waals surface area (Å²) in [6, 6.07) is 15.3. The van der Waals surface area contributed by atoms with Gasteiger partial charge in [-0.1, -0.05) is 51.3 Å². The Labute approximate surface area is 239 Å². The van der Waals surface area contributed by atoms with Gasteiger partial charge < -0.3 is 24.6 Å². The van der Waals surface area contributed by atoms with Crippen molar-refractivity contribution < 1.29 is 23.9 Å². The molecule has 200 valence electrons. The number of ether oxygens (including phenoxy) is 2. The molecule has 11 heteroatoms. The number of aryl methyl sites for hydroxylation is 1. The molecule has 0 radical (unpaired) electrons. The van der Waals surface area contributed by atoms with E-state index in [-0.39, 0.29) is 19.1 Å². The summed E-state index contributed by atoms with van der Waals surface area (Å²) < 4.78 is 12.1. The van der Waals surface area contributed by atoms with Gasteiger partial charge in [-0.15, -0.1) is 0 Å². The van der Waals surface area contributed by atoms with Crippen LogP contribution in [0.4, 0.5) is 5.69 Å². The summed E-state index contributed by atoms with van der Waals surface area (Å²) in [5.41, 5.74) is 1.92. The third-order valence-corrected chi connectivity index (χ3v) is 6.81. The van der Waals surface area contributed by atoms with E-state index in [4.69, 9.17) is 32.7 Å². The van der Waals surface area contributed by atoms with Crippen molar-refractivity contribution in [2.24, 2.45) is 0 Å². The first-order valence-corrected chi connectivity index (χ1v) is 12.9. The monoisotopic (exact) mass is 621 g/mol. The van der Waals surface area contributed by atoms with Crippen molar-refractivity contribution in [2.45, 2.75) is 13.5 Å². The average Bonchev–Trinajstić information content (AvgIpc) is 2.87. The number of rotatable bonds is 8. The lowest BCUT2D eigenvalue weighted by molar-refractivity contribution is -0.142. The molecule has 3 rings (SSSR count). The number of halogens is 3. The zero-order valence-electron chi connectivity index (χ0n) is 21.2. The van der Waals surface area contributed by atoms with E-state index < -0.39 is 11.8 Å². The van der Waals surface area contributed by atoms with E-state index >= 15 is 0 Å². The fourth-order valence-electron chi connectivity index (χ4n) is 3.19. The van der Waals surface area contributed by atoms with E-state index in [2.05, 4.69) is 21.2 Å². The third-order valence-electron chi connectivity index (χ3n) is 5.34. The molecular weight excluding hydrogens is 597 g/mol. The van der Waals surface area contributed by atoms with Crippen molar-refractivity contribution in [1.29, 1.82) is 0 Å². The lowest BCUT2D eigenvalue weighted by Crippen LogP contribution is -2.36. The van der Waals surface area contributed by atoms with Crippen LogP contribution >= 0.6 is 39.1 Å². The standard InChI is InChI=1S/C27H26BrCl2N3O5/c1-16-5-10-23(24(11-16)37-15-25(34)32(2)3)31-26(35)27(36)33(4)14-17-6-7-18(12-20(17)28)38-19-8-9-21(29)22(30)13-19/h5-13H,14-15H2,1-4H3,(H,31,35). The Morgan fingerprint density at radius 2 is 1.61 bits per heavy atom. The van der Waals surface area contributed by atoms with Gasteiger partial charge in [0.1, 0.15) is 17.2 Å². The molecule has 0 spiro atoms. The van der Waals surface area contributed by atoms with E-state index in [1.807, 2.05) is 6.92 Å². The van der Waals surface area contributed by atoms with Gasteiger partial charge in [0, 0.05) is 38.2 Å². The molecule has 0 aliphatic carbocycles.